The molecule has 1 saturated heterocycles. The first-order valence-corrected chi connectivity index (χ1v) is 6.33. The van der Waals surface area contributed by atoms with E-state index < -0.39 is 0 Å². The maximum absolute atomic E-state index is 12.3. The van der Waals surface area contributed by atoms with E-state index in [1.165, 1.54) is 32.1 Å². The third kappa shape index (κ3) is 1.95. The van der Waals surface area contributed by atoms with Crippen LogP contribution < -0.4 is 10.6 Å². The molecule has 4 heteroatoms. The molecule has 16 heavy (non-hydrogen) atoms. The normalized spacial score (nSPS) is 37.4. The second kappa shape index (κ2) is 4.53. The fourth-order valence-electron chi connectivity index (χ4n) is 3.25. The summed E-state index contributed by atoms with van der Waals surface area (Å²) in [5.74, 6) is 0.949. The second-order valence-corrected chi connectivity index (χ2v) is 5.48. The van der Waals surface area contributed by atoms with Gasteiger partial charge in [-0.15, -0.1) is 12.4 Å². The molecule has 3 rings (SSSR count). The van der Waals surface area contributed by atoms with Crippen LogP contribution in [-0.4, -0.2) is 25.0 Å². The van der Waals surface area contributed by atoms with E-state index in [4.69, 9.17) is 0 Å². The molecule has 1 heterocycles. The van der Waals surface area contributed by atoms with E-state index in [0.717, 1.165) is 19.5 Å². The van der Waals surface area contributed by atoms with Gasteiger partial charge in [0.05, 0.1) is 5.41 Å². The number of halogens is 1. The van der Waals surface area contributed by atoms with Crippen molar-refractivity contribution in [3.05, 3.63) is 0 Å². The number of hydrogen-bond donors (Lipinski definition) is 2. The van der Waals surface area contributed by atoms with Crippen molar-refractivity contribution in [3.8, 4) is 0 Å². The largest absolute Gasteiger partial charge is 0.353 e. The van der Waals surface area contributed by atoms with Crippen LogP contribution in [0.1, 0.15) is 38.5 Å². The highest BCUT2D eigenvalue weighted by molar-refractivity contribution is 5.85. The van der Waals surface area contributed by atoms with Gasteiger partial charge in [-0.1, -0.05) is 12.8 Å². The SMILES string of the molecule is Cl.O=C(NC1CC1)[C@@]12CCCC[C@H]1CNC2. The molecule has 3 aliphatic rings. The molecular formula is C12H21ClN2O. The Hall–Kier alpha value is -0.280. The Kier molecular flexibility index (Phi) is 3.45. The summed E-state index contributed by atoms with van der Waals surface area (Å²) in [6.45, 7) is 1.97. The summed E-state index contributed by atoms with van der Waals surface area (Å²) in [5.41, 5.74) is -0.0408. The molecule has 2 N–H and O–H groups in total. The summed E-state index contributed by atoms with van der Waals surface area (Å²) in [7, 11) is 0. The van der Waals surface area contributed by atoms with Gasteiger partial charge in [-0.3, -0.25) is 4.79 Å². The van der Waals surface area contributed by atoms with Gasteiger partial charge in [-0.25, -0.2) is 0 Å². The van der Waals surface area contributed by atoms with Crippen LogP contribution in [0, 0.1) is 11.3 Å². The zero-order chi connectivity index (χ0) is 10.3. The fraction of sp³-hybridized carbons (Fsp3) is 0.917. The van der Waals surface area contributed by atoms with E-state index in [0.29, 0.717) is 17.9 Å². The summed E-state index contributed by atoms with van der Waals surface area (Å²) < 4.78 is 0. The Morgan fingerprint density at radius 3 is 2.81 bits per heavy atom. The van der Waals surface area contributed by atoms with Crippen molar-refractivity contribution >= 4 is 18.3 Å². The predicted octanol–water partition coefficient (Wildman–Crippen LogP) is 1.47. The van der Waals surface area contributed by atoms with Gasteiger partial charge in [0.1, 0.15) is 0 Å². The van der Waals surface area contributed by atoms with Crippen molar-refractivity contribution in [2.24, 2.45) is 11.3 Å². The van der Waals surface area contributed by atoms with Gasteiger partial charge in [0.15, 0.2) is 0 Å². The molecule has 0 unspecified atom stereocenters. The molecule has 1 amide bonds. The van der Waals surface area contributed by atoms with Crippen molar-refractivity contribution < 1.29 is 4.79 Å². The smallest absolute Gasteiger partial charge is 0.228 e. The average molecular weight is 245 g/mol. The van der Waals surface area contributed by atoms with Crippen LogP contribution in [0.2, 0.25) is 0 Å². The maximum Gasteiger partial charge on any atom is 0.228 e. The zero-order valence-electron chi connectivity index (χ0n) is 9.63. The minimum Gasteiger partial charge on any atom is -0.353 e. The second-order valence-electron chi connectivity index (χ2n) is 5.48. The Morgan fingerprint density at radius 1 is 1.25 bits per heavy atom. The summed E-state index contributed by atoms with van der Waals surface area (Å²) >= 11 is 0. The van der Waals surface area contributed by atoms with Crippen LogP contribution >= 0.6 is 12.4 Å². The van der Waals surface area contributed by atoms with Gasteiger partial charge in [0.25, 0.3) is 0 Å². The number of carbonyl (C=O) groups is 1. The molecule has 3 nitrogen and oxygen atoms in total. The van der Waals surface area contributed by atoms with Gasteiger partial charge < -0.3 is 10.6 Å². The highest BCUT2D eigenvalue weighted by atomic mass is 35.5. The summed E-state index contributed by atoms with van der Waals surface area (Å²) in [4.78, 5) is 12.3. The van der Waals surface area contributed by atoms with E-state index in [9.17, 15) is 4.79 Å². The van der Waals surface area contributed by atoms with Crippen LogP contribution in [0.5, 0.6) is 0 Å². The minimum atomic E-state index is -0.0408. The van der Waals surface area contributed by atoms with Gasteiger partial charge >= 0.3 is 0 Å². The molecule has 0 bridgehead atoms. The monoisotopic (exact) mass is 244 g/mol. The maximum atomic E-state index is 12.3. The van der Waals surface area contributed by atoms with E-state index in [-0.39, 0.29) is 17.8 Å². The van der Waals surface area contributed by atoms with Gasteiger partial charge in [0, 0.05) is 12.6 Å². The van der Waals surface area contributed by atoms with Crippen molar-refractivity contribution in [2.45, 2.75) is 44.6 Å². The molecule has 0 aromatic heterocycles. The fourth-order valence-corrected chi connectivity index (χ4v) is 3.25. The lowest BCUT2D eigenvalue weighted by Gasteiger charge is -2.37. The third-order valence-corrected chi connectivity index (χ3v) is 4.40. The first-order valence-electron chi connectivity index (χ1n) is 6.33. The van der Waals surface area contributed by atoms with Crippen LogP contribution in [0.4, 0.5) is 0 Å². The lowest BCUT2D eigenvalue weighted by Crippen LogP contribution is -2.48. The van der Waals surface area contributed by atoms with E-state index in [1.54, 1.807) is 0 Å². The van der Waals surface area contributed by atoms with Crippen LogP contribution in [-0.2, 0) is 4.79 Å². The molecule has 1 aliphatic heterocycles. The number of hydrogen-bond acceptors (Lipinski definition) is 2. The Labute approximate surface area is 103 Å². The Morgan fingerprint density at radius 2 is 2.06 bits per heavy atom. The summed E-state index contributed by atoms with van der Waals surface area (Å²) in [5, 5.41) is 6.63. The van der Waals surface area contributed by atoms with Gasteiger partial charge in [-0.2, -0.15) is 0 Å². The standard InChI is InChI=1S/C12H20N2O.ClH/c15-11(14-10-4-5-10)12-6-2-1-3-9(12)7-13-8-12;/h9-10,13H,1-8H2,(H,14,15);1H/t9-,12+;/m0./s1. The Balaban J connectivity index is 0.000000963. The van der Waals surface area contributed by atoms with Crippen molar-refractivity contribution in [2.75, 3.05) is 13.1 Å². The minimum absolute atomic E-state index is 0. The number of nitrogens with one attached hydrogen (secondary N) is 2. The average Bonchev–Trinajstić information content (AvgIpc) is 2.96. The molecule has 2 saturated carbocycles. The number of amides is 1. The summed E-state index contributed by atoms with van der Waals surface area (Å²) in [6.07, 6.45) is 7.27. The van der Waals surface area contributed by atoms with Gasteiger partial charge in [0.2, 0.25) is 5.91 Å². The van der Waals surface area contributed by atoms with Gasteiger partial charge in [-0.05, 0) is 38.1 Å². The summed E-state index contributed by atoms with van der Waals surface area (Å²) in [6, 6.07) is 0.509. The molecular weight excluding hydrogens is 224 g/mol. The molecule has 3 fully saturated rings. The third-order valence-electron chi connectivity index (χ3n) is 4.40. The topological polar surface area (TPSA) is 41.1 Å². The first-order chi connectivity index (χ1) is 7.31. The highest BCUT2D eigenvalue weighted by Gasteiger charge is 2.50. The number of carbonyl (C=O) groups excluding carboxylic acids is 1. The van der Waals surface area contributed by atoms with Crippen molar-refractivity contribution in [1.82, 2.24) is 10.6 Å². The lowest BCUT2D eigenvalue weighted by molar-refractivity contribution is -0.134. The predicted molar refractivity (Wildman–Crippen MR) is 65.7 cm³/mol. The highest BCUT2D eigenvalue weighted by Crippen LogP contribution is 2.44. The molecule has 0 aromatic carbocycles. The van der Waals surface area contributed by atoms with E-state index >= 15 is 0 Å². The molecule has 0 radical (unpaired) electrons. The Bertz CT molecular complexity index is 280. The molecule has 92 valence electrons. The number of rotatable bonds is 2. The van der Waals surface area contributed by atoms with E-state index in [2.05, 4.69) is 10.6 Å². The van der Waals surface area contributed by atoms with E-state index in [1.807, 2.05) is 0 Å². The quantitative estimate of drug-likeness (QED) is 0.773. The zero-order valence-corrected chi connectivity index (χ0v) is 10.4. The number of fused-ring (bicyclic) bond motifs is 1. The van der Waals surface area contributed by atoms with Crippen LogP contribution in [0.15, 0.2) is 0 Å². The van der Waals surface area contributed by atoms with Crippen LogP contribution in [0.25, 0.3) is 0 Å². The van der Waals surface area contributed by atoms with Crippen LogP contribution in [0.3, 0.4) is 0 Å². The lowest BCUT2D eigenvalue weighted by atomic mass is 9.67. The molecule has 0 spiro atoms. The van der Waals surface area contributed by atoms with Crippen molar-refractivity contribution in [3.63, 3.8) is 0 Å². The van der Waals surface area contributed by atoms with Crippen molar-refractivity contribution in [1.29, 1.82) is 0 Å². The molecule has 2 atom stereocenters. The molecule has 0 aromatic rings. The first kappa shape index (κ1) is 12.2. The molecule has 2 aliphatic carbocycles.